The molecule has 0 saturated carbocycles. The molecule has 13 nitrogen and oxygen atoms in total. The van der Waals surface area contributed by atoms with Crippen LogP contribution < -0.4 is 10.0 Å². The van der Waals surface area contributed by atoms with Crippen LogP contribution in [0, 0.1) is 34.1 Å². The second-order valence-corrected chi connectivity index (χ2v) is 8.42. The van der Waals surface area contributed by atoms with E-state index in [-0.39, 0.29) is 16.4 Å². The Labute approximate surface area is 186 Å². The summed E-state index contributed by atoms with van der Waals surface area (Å²) in [6.45, 7) is 3.32. The molecular formula is C19H16N6O7S. The van der Waals surface area contributed by atoms with Gasteiger partial charge in [0, 0.05) is 23.5 Å². The minimum Gasteiger partial charge on any atom is -0.322 e. The number of benzene rings is 2. The molecule has 0 aliphatic carbocycles. The van der Waals surface area contributed by atoms with Gasteiger partial charge in [0.25, 0.3) is 27.3 Å². The molecule has 2 aromatic carbocycles. The maximum atomic E-state index is 12.6. The fourth-order valence-corrected chi connectivity index (χ4v) is 3.85. The van der Waals surface area contributed by atoms with Gasteiger partial charge in [0.15, 0.2) is 0 Å². The second kappa shape index (κ2) is 8.96. The number of anilines is 2. The molecule has 1 heterocycles. The lowest BCUT2D eigenvalue weighted by Crippen LogP contribution is -2.16. The Balaban J connectivity index is 1.80. The van der Waals surface area contributed by atoms with E-state index in [2.05, 4.69) is 20.0 Å². The number of aryl methyl sites for hydroxylation is 2. The molecule has 3 aromatic rings. The van der Waals surface area contributed by atoms with Crippen molar-refractivity contribution in [3.8, 4) is 0 Å². The molecule has 1 aromatic heterocycles. The lowest BCUT2D eigenvalue weighted by molar-refractivity contribution is -0.394. The Morgan fingerprint density at radius 2 is 1.61 bits per heavy atom. The van der Waals surface area contributed by atoms with Gasteiger partial charge in [-0.15, -0.1) is 0 Å². The third-order valence-electron chi connectivity index (χ3n) is 4.26. The first-order valence-corrected chi connectivity index (χ1v) is 10.6. The van der Waals surface area contributed by atoms with E-state index in [1.165, 1.54) is 30.3 Å². The Morgan fingerprint density at radius 1 is 0.939 bits per heavy atom. The molecular weight excluding hydrogens is 456 g/mol. The molecule has 0 spiro atoms. The summed E-state index contributed by atoms with van der Waals surface area (Å²) < 4.78 is 27.5. The number of nitrogens with one attached hydrogen (secondary N) is 2. The smallest absolute Gasteiger partial charge is 0.289 e. The highest BCUT2D eigenvalue weighted by atomic mass is 32.2. The lowest BCUT2D eigenvalue weighted by atomic mass is 10.1. The topological polar surface area (TPSA) is 187 Å². The average Bonchev–Trinajstić information content (AvgIpc) is 2.72. The number of hydrogen-bond donors (Lipinski definition) is 2. The molecule has 0 atom stereocenters. The summed E-state index contributed by atoms with van der Waals surface area (Å²) in [5.74, 6) is -0.397. The minimum atomic E-state index is -3.98. The summed E-state index contributed by atoms with van der Waals surface area (Å²) in [7, 11) is -3.98. The van der Waals surface area contributed by atoms with Crippen molar-refractivity contribution < 1.29 is 23.1 Å². The molecule has 0 saturated heterocycles. The van der Waals surface area contributed by atoms with Gasteiger partial charge in [-0.05, 0) is 44.2 Å². The molecule has 3 rings (SSSR count). The van der Waals surface area contributed by atoms with E-state index in [1.54, 1.807) is 13.8 Å². The Morgan fingerprint density at radius 3 is 2.18 bits per heavy atom. The van der Waals surface area contributed by atoms with Crippen molar-refractivity contribution in [3.63, 3.8) is 0 Å². The Hall–Kier alpha value is -4.46. The van der Waals surface area contributed by atoms with Gasteiger partial charge in [-0.2, -0.15) is 0 Å². The first-order chi connectivity index (χ1) is 15.5. The van der Waals surface area contributed by atoms with Crippen LogP contribution in [0.15, 0.2) is 53.4 Å². The van der Waals surface area contributed by atoms with Crippen LogP contribution in [-0.2, 0) is 10.0 Å². The first kappa shape index (κ1) is 23.2. The van der Waals surface area contributed by atoms with Crippen LogP contribution in [0.2, 0.25) is 0 Å². The van der Waals surface area contributed by atoms with E-state index >= 15 is 0 Å². The van der Waals surface area contributed by atoms with E-state index < -0.39 is 42.7 Å². The summed E-state index contributed by atoms with van der Waals surface area (Å²) in [5.41, 5.74) is -0.924. The zero-order valence-electron chi connectivity index (χ0n) is 17.2. The lowest BCUT2D eigenvalue weighted by Gasteiger charge is -2.10. The number of non-ortho nitro benzene ring substituents is 1. The van der Waals surface area contributed by atoms with Crippen molar-refractivity contribution in [2.75, 3.05) is 10.0 Å². The zero-order valence-corrected chi connectivity index (χ0v) is 18.0. The van der Waals surface area contributed by atoms with E-state index in [0.29, 0.717) is 17.6 Å². The highest BCUT2D eigenvalue weighted by molar-refractivity contribution is 7.92. The standard InChI is InChI=1S/C19H16N6O7S/c1-11-9-18(21-12(2)20-11)23-33(31,32)15-6-3-13(4-7-15)22-19(26)16-8-5-14(24(27)28)10-17(16)25(29)30/h3-10H,1-2H3,(H,22,26)(H,20,21,23). The third kappa shape index (κ3) is 5.43. The van der Waals surface area contributed by atoms with Gasteiger partial charge in [0.1, 0.15) is 17.2 Å². The number of sulfonamides is 1. The molecule has 0 radical (unpaired) electrons. The number of aromatic nitrogens is 2. The number of hydrogen-bond acceptors (Lipinski definition) is 9. The van der Waals surface area contributed by atoms with Crippen LogP contribution in [0.3, 0.4) is 0 Å². The maximum absolute atomic E-state index is 12.6. The quantitative estimate of drug-likeness (QED) is 0.385. The van der Waals surface area contributed by atoms with Gasteiger partial charge in [0.2, 0.25) is 0 Å². The molecule has 0 unspecified atom stereocenters. The molecule has 1 amide bonds. The molecule has 2 N–H and O–H groups in total. The van der Waals surface area contributed by atoms with Crippen molar-refractivity contribution in [2.45, 2.75) is 18.7 Å². The number of rotatable bonds is 7. The largest absolute Gasteiger partial charge is 0.322 e. The maximum Gasteiger partial charge on any atom is 0.289 e. The summed E-state index contributed by atoms with van der Waals surface area (Å²) in [6.07, 6.45) is 0. The highest BCUT2D eigenvalue weighted by Gasteiger charge is 2.24. The normalized spacial score (nSPS) is 11.0. The molecule has 0 aliphatic heterocycles. The Bertz CT molecular complexity index is 1350. The third-order valence-corrected chi connectivity index (χ3v) is 5.63. The van der Waals surface area contributed by atoms with Gasteiger partial charge in [-0.1, -0.05) is 0 Å². The fraction of sp³-hybridized carbons (Fsp3) is 0.105. The van der Waals surface area contributed by atoms with Crippen molar-refractivity contribution in [1.82, 2.24) is 9.97 Å². The number of nitro benzene ring substituents is 2. The molecule has 170 valence electrons. The van der Waals surface area contributed by atoms with E-state index in [0.717, 1.165) is 12.1 Å². The first-order valence-electron chi connectivity index (χ1n) is 9.15. The highest BCUT2D eigenvalue weighted by Crippen LogP contribution is 2.26. The number of carbonyl (C=O) groups is 1. The zero-order chi connectivity index (χ0) is 24.3. The van der Waals surface area contributed by atoms with Crippen LogP contribution in [0.5, 0.6) is 0 Å². The second-order valence-electron chi connectivity index (χ2n) is 6.74. The van der Waals surface area contributed by atoms with Crippen molar-refractivity contribution in [2.24, 2.45) is 0 Å². The molecule has 0 fully saturated rings. The number of carbonyl (C=O) groups excluding carboxylic acids is 1. The van der Waals surface area contributed by atoms with Gasteiger partial charge < -0.3 is 5.32 Å². The SMILES string of the molecule is Cc1cc(NS(=O)(=O)c2ccc(NC(=O)c3ccc([N+](=O)[O-])cc3[N+](=O)[O-])cc2)nc(C)n1. The van der Waals surface area contributed by atoms with Crippen LogP contribution in [0.4, 0.5) is 22.9 Å². The minimum absolute atomic E-state index is 0.0999. The van der Waals surface area contributed by atoms with Crippen LogP contribution >= 0.6 is 0 Å². The van der Waals surface area contributed by atoms with E-state index in [9.17, 15) is 33.4 Å². The summed E-state index contributed by atoms with van der Waals surface area (Å²) in [5, 5.41) is 24.4. The van der Waals surface area contributed by atoms with Gasteiger partial charge in [-0.25, -0.2) is 18.4 Å². The monoisotopic (exact) mass is 472 g/mol. The van der Waals surface area contributed by atoms with Crippen LogP contribution in [0.1, 0.15) is 21.9 Å². The Kier molecular flexibility index (Phi) is 6.30. The number of nitrogens with zero attached hydrogens (tertiary/aromatic N) is 4. The molecule has 14 heteroatoms. The number of nitro groups is 2. The van der Waals surface area contributed by atoms with Crippen LogP contribution in [0.25, 0.3) is 0 Å². The fourth-order valence-electron chi connectivity index (χ4n) is 2.86. The van der Waals surface area contributed by atoms with Gasteiger partial charge in [-0.3, -0.25) is 29.7 Å². The van der Waals surface area contributed by atoms with Gasteiger partial charge >= 0.3 is 0 Å². The summed E-state index contributed by atoms with van der Waals surface area (Å²) in [4.78, 5) is 40.8. The van der Waals surface area contributed by atoms with Crippen molar-refractivity contribution in [1.29, 1.82) is 0 Å². The molecule has 33 heavy (non-hydrogen) atoms. The van der Waals surface area contributed by atoms with E-state index in [1.807, 2.05) is 0 Å². The predicted molar refractivity (Wildman–Crippen MR) is 116 cm³/mol. The molecule has 0 aliphatic rings. The predicted octanol–water partition coefficient (Wildman–Crippen LogP) is 2.96. The van der Waals surface area contributed by atoms with E-state index in [4.69, 9.17) is 0 Å². The van der Waals surface area contributed by atoms with Gasteiger partial charge in [0.05, 0.1) is 20.8 Å². The summed E-state index contributed by atoms with van der Waals surface area (Å²) in [6, 6.07) is 9.13. The van der Waals surface area contributed by atoms with Crippen molar-refractivity contribution >= 4 is 38.8 Å². The number of amides is 1. The molecule has 0 bridgehead atoms. The summed E-state index contributed by atoms with van der Waals surface area (Å²) >= 11 is 0. The van der Waals surface area contributed by atoms with Crippen molar-refractivity contribution in [3.05, 3.63) is 85.8 Å². The van der Waals surface area contributed by atoms with Crippen LogP contribution in [-0.4, -0.2) is 34.1 Å². The average molecular weight is 472 g/mol.